The lowest BCUT2D eigenvalue weighted by molar-refractivity contribution is -0.131. The van der Waals surface area contributed by atoms with Crippen LogP contribution in [0.2, 0.25) is 0 Å². The molecule has 2 aromatic rings. The van der Waals surface area contributed by atoms with Crippen LogP contribution in [0.1, 0.15) is 48.0 Å². The highest BCUT2D eigenvalue weighted by Crippen LogP contribution is 2.22. The van der Waals surface area contributed by atoms with E-state index in [-0.39, 0.29) is 17.7 Å². The average molecular weight is 314 g/mol. The number of hydrogen-bond acceptors (Lipinski definition) is 5. The minimum absolute atomic E-state index is 0.0552. The number of rotatable bonds is 5. The summed E-state index contributed by atoms with van der Waals surface area (Å²) in [6.45, 7) is 0. The summed E-state index contributed by atoms with van der Waals surface area (Å²) in [5, 5.41) is 2.94. The van der Waals surface area contributed by atoms with Crippen molar-refractivity contribution in [3.8, 4) is 0 Å². The van der Waals surface area contributed by atoms with Crippen LogP contribution in [0.25, 0.3) is 0 Å². The molecule has 120 valence electrons. The highest BCUT2D eigenvalue weighted by molar-refractivity contribution is 5.90. The van der Waals surface area contributed by atoms with E-state index in [1.807, 2.05) is 0 Å². The number of furan rings is 1. The predicted octanol–water partition coefficient (Wildman–Crippen LogP) is 2.63. The van der Waals surface area contributed by atoms with Crippen molar-refractivity contribution < 1.29 is 18.7 Å². The molecule has 1 fully saturated rings. The fourth-order valence-electron chi connectivity index (χ4n) is 2.69. The molecule has 0 radical (unpaired) electrons. The average Bonchev–Trinajstić information content (AvgIpc) is 3.26. The first kappa shape index (κ1) is 15.3. The molecule has 0 aliphatic heterocycles. The van der Waals surface area contributed by atoms with Crippen molar-refractivity contribution in [2.45, 2.75) is 37.8 Å². The van der Waals surface area contributed by atoms with E-state index < -0.39 is 12.1 Å². The van der Waals surface area contributed by atoms with Gasteiger partial charge in [0.2, 0.25) is 11.9 Å². The Morgan fingerprint density at radius 1 is 1.22 bits per heavy atom. The van der Waals surface area contributed by atoms with E-state index in [9.17, 15) is 9.59 Å². The van der Waals surface area contributed by atoms with Gasteiger partial charge in [0.1, 0.15) is 0 Å². The number of pyridine rings is 1. The Morgan fingerprint density at radius 3 is 2.70 bits per heavy atom. The highest BCUT2D eigenvalue weighted by Gasteiger charge is 2.30. The fraction of sp³-hybridized carbons (Fsp3) is 0.353. The number of ether oxygens (including phenoxy) is 1. The summed E-state index contributed by atoms with van der Waals surface area (Å²) in [7, 11) is 0. The first-order valence-corrected chi connectivity index (χ1v) is 7.70. The topological polar surface area (TPSA) is 81.4 Å². The Bertz CT molecular complexity index is 648. The number of esters is 1. The number of nitrogens with one attached hydrogen (secondary N) is 1. The molecule has 0 aromatic carbocycles. The van der Waals surface area contributed by atoms with E-state index in [1.165, 1.54) is 12.3 Å². The van der Waals surface area contributed by atoms with Crippen LogP contribution in [-0.2, 0) is 9.53 Å². The molecular formula is C17H18N2O4. The van der Waals surface area contributed by atoms with Crippen molar-refractivity contribution in [1.29, 1.82) is 0 Å². The van der Waals surface area contributed by atoms with E-state index in [2.05, 4.69) is 10.3 Å². The van der Waals surface area contributed by atoms with Crippen LogP contribution < -0.4 is 5.32 Å². The van der Waals surface area contributed by atoms with Crippen molar-refractivity contribution >= 4 is 11.9 Å². The molecule has 1 amide bonds. The summed E-state index contributed by atoms with van der Waals surface area (Å²) in [5.41, 5.74) is 0.392. The molecule has 0 bridgehead atoms. The van der Waals surface area contributed by atoms with Gasteiger partial charge < -0.3 is 14.5 Å². The standard InChI is InChI=1S/C17H18N2O4/c20-16(19-12-6-1-2-7-12)15(13-8-3-4-10-18-13)23-17(21)14-9-5-11-22-14/h3-5,8-12,15H,1-2,6-7H2,(H,19,20). The molecule has 6 heteroatoms. The SMILES string of the molecule is O=C(OC(C(=O)NC1CCCC1)c1ccccn1)c1ccco1. The zero-order valence-electron chi connectivity index (χ0n) is 12.6. The predicted molar refractivity (Wildman–Crippen MR) is 81.5 cm³/mol. The number of aromatic nitrogens is 1. The molecule has 1 saturated carbocycles. The van der Waals surface area contributed by atoms with Crippen LogP contribution in [0.3, 0.4) is 0 Å². The molecule has 1 aliphatic carbocycles. The van der Waals surface area contributed by atoms with Gasteiger partial charge in [-0.15, -0.1) is 0 Å². The van der Waals surface area contributed by atoms with Crippen molar-refractivity contribution in [3.63, 3.8) is 0 Å². The van der Waals surface area contributed by atoms with Gasteiger partial charge in [-0.25, -0.2) is 4.79 Å². The second-order valence-corrected chi connectivity index (χ2v) is 5.51. The van der Waals surface area contributed by atoms with Gasteiger partial charge in [0.05, 0.1) is 12.0 Å². The number of carbonyl (C=O) groups is 2. The van der Waals surface area contributed by atoms with Gasteiger partial charge >= 0.3 is 5.97 Å². The molecule has 0 saturated heterocycles. The third-order valence-electron chi connectivity index (χ3n) is 3.84. The third kappa shape index (κ3) is 3.77. The molecule has 23 heavy (non-hydrogen) atoms. The zero-order chi connectivity index (χ0) is 16.1. The first-order valence-electron chi connectivity index (χ1n) is 7.70. The zero-order valence-corrected chi connectivity index (χ0v) is 12.6. The van der Waals surface area contributed by atoms with Gasteiger partial charge in [-0.1, -0.05) is 18.9 Å². The monoisotopic (exact) mass is 314 g/mol. The lowest BCUT2D eigenvalue weighted by Gasteiger charge is -2.19. The molecule has 0 spiro atoms. The molecule has 1 unspecified atom stereocenters. The summed E-state index contributed by atoms with van der Waals surface area (Å²) >= 11 is 0. The molecule has 2 aromatic heterocycles. The Hall–Kier alpha value is -2.63. The number of nitrogens with zero attached hydrogens (tertiary/aromatic N) is 1. The summed E-state index contributed by atoms with van der Waals surface area (Å²) in [5.74, 6) is -0.984. The number of hydrogen-bond donors (Lipinski definition) is 1. The molecule has 3 rings (SSSR count). The first-order chi connectivity index (χ1) is 11.2. The van der Waals surface area contributed by atoms with Crippen molar-refractivity contribution in [2.24, 2.45) is 0 Å². The quantitative estimate of drug-likeness (QED) is 0.858. The molecule has 1 aliphatic rings. The minimum Gasteiger partial charge on any atom is -0.457 e. The largest absolute Gasteiger partial charge is 0.457 e. The lowest BCUT2D eigenvalue weighted by Crippen LogP contribution is -2.38. The highest BCUT2D eigenvalue weighted by atomic mass is 16.6. The van der Waals surface area contributed by atoms with E-state index in [4.69, 9.17) is 9.15 Å². The van der Waals surface area contributed by atoms with Crippen LogP contribution >= 0.6 is 0 Å². The summed E-state index contributed by atoms with van der Waals surface area (Å²) in [6, 6.07) is 8.37. The maximum Gasteiger partial charge on any atom is 0.375 e. The Morgan fingerprint density at radius 2 is 2.04 bits per heavy atom. The van der Waals surface area contributed by atoms with Gasteiger partial charge in [0, 0.05) is 12.2 Å². The summed E-state index contributed by atoms with van der Waals surface area (Å²) in [4.78, 5) is 28.8. The van der Waals surface area contributed by atoms with Gasteiger partial charge in [-0.2, -0.15) is 0 Å². The van der Waals surface area contributed by atoms with Crippen LogP contribution in [0, 0.1) is 0 Å². The second-order valence-electron chi connectivity index (χ2n) is 5.51. The fourth-order valence-corrected chi connectivity index (χ4v) is 2.69. The molecule has 6 nitrogen and oxygen atoms in total. The Labute approximate surface area is 133 Å². The lowest BCUT2D eigenvalue weighted by atomic mass is 10.2. The van der Waals surface area contributed by atoms with Crippen LogP contribution in [-0.4, -0.2) is 22.9 Å². The summed E-state index contributed by atoms with van der Waals surface area (Å²) in [6.07, 6.45) is 5.96. The second kappa shape index (κ2) is 7.09. The normalized spacial score (nSPS) is 16.0. The molecule has 2 heterocycles. The third-order valence-corrected chi connectivity index (χ3v) is 3.84. The maximum atomic E-state index is 12.5. The Balaban J connectivity index is 1.76. The minimum atomic E-state index is -1.09. The molecule has 1 N–H and O–H groups in total. The van der Waals surface area contributed by atoms with E-state index in [0.717, 1.165) is 25.7 Å². The summed E-state index contributed by atoms with van der Waals surface area (Å²) < 4.78 is 10.4. The molecular weight excluding hydrogens is 296 g/mol. The van der Waals surface area contributed by atoms with E-state index in [1.54, 1.807) is 30.5 Å². The van der Waals surface area contributed by atoms with Gasteiger partial charge in [0.15, 0.2) is 0 Å². The van der Waals surface area contributed by atoms with Crippen LogP contribution in [0.4, 0.5) is 0 Å². The molecule has 1 atom stereocenters. The van der Waals surface area contributed by atoms with E-state index >= 15 is 0 Å². The van der Waals surface area contributed by atoms with Crippen molar-refractivity contribution in [1.82, 2.24) is 10.3 Å². The van der Waals surface area contributed by atoms with E-state index in [0.29, 0.717) is 5.69 Å². The number of carbonyl (C=O) groups excluding carboxylic acids is 2. The van der Waals surface area contributed by atoms with Crippen molar-refractivity contribution in [3.05, 3.63) is 54.2 Å². The maximum absolute atomic E-state index is 12.5. The Kier molecular flexibility index (Phi) is 4.71. The van der Waals surface area contributed by atoms with Crippen molar-refractivity contribution in [2.75, 3.05) is 0 Å². The van der Waals surface area contributed by atoms with Gasteiger partial charge in [0.25, 0.3) is 5.91 Å². The smallest absolute Gasteiger partial charge is 0.375 e. The van der Waals surface area contributed by atoms with Gasteiger partial charge in [-0.05, 0) is 37.1 Å². The van der Waals surface area contributed by atoms with Crippen LogP contribution in [0.15, 0.2) is 47.2 Å². The van der Waals surface area contributed by atoms with Gasteiger partial charge in [-0.3, -0.25) is 9.78 Å². The number of amides is 1. The van der Waals surface area contributed by atoms with Crippen LogP contribution in [0.5, 0.6) is 0 Å².